The van der Waals surface area contributed by atoms with Gasteiger partial charge in [0, 0.05) is 11.1 Å². The van der Waals surface area contributed by atoms with Crippen molar-refractivity contribution < 1.29 is 4.74 Å². The molecule has 2 heteroatoms. The van der Waals surface area contributed by atoms with Crippen LogP contribution in [-0.2, 0) is 0 Å². The maximum absolute atomic E-state index is 5.78. The lowest BCUT2D eigenvalue weighted by molar-refractivity contribution is 0.299. The number of hydrogen-bond acceptors (Lipinski definition) is 1. The molecular weight excluding hydrogens is 172 g/mol. The third kappa shape index (κ3) is 2.15. The van der Waals surface area contributed by atoms with E-state index in [1.807, 2.05) is 0 Å². The van der Waals surface area contributed by atoms with E-state index in [1.165, 1.54) is 12.8 Å². The molecule has 1 aromatic rings. The standard InChI is InChI=1S/C10H10ClO/c11-9-2-1-3-10(6-9)12-7-8-4-5-8/h1-2,6,8H,4-5,7H2. The first-order chi connectivity index (χ1) is 5.84. The first-order valence-corrected chi connectivity index (χ1v) is 4.52. The van der Waals surface area contributed by atoms with Gasteiger partial charge in [0.25, 0.3) is 0 Å². The Labute approximate surface area is 77.3 Å². The zero-order valence-corrected chi connectivity index (χ0v) is 7.47. The summed E-state index contributed by atoms with van der Waals surface area (Å²) in [5.41, 5.74) is 0. The van der Waals surface area contributed by atoms with Crippen molar-refractivity contribution in [1.82, 2.24) is 0 Å². The molecule has 0 aliphatic heterocycles. The molecule has 0 unspecified atom stereocenters. The topological polar surface area (TPSA) is 9.23 Å². The molecule has 1 fully saturated rings. The summed E-state index contributed by atoms with van der Waals surface area (Å²) in [6, 6.07) is 8.36. The van der Waals surface area contributed by atoms with Crippen molar-refractivity contribution in [3.05, 3.63) is 29.3 Å². The second-order valence-corrected chi connectivity index (χ2v) is 3.56. The van der Waals surface area contributed by atoms with E-state index in [2.05, 4.69) is 6.07 Å². The van der Waals surface area contributed by atoms with E-state index in [0.717, 1.165) is 18.3 Å². The average molecular weight is 182 g/mol. The fourth-order valence-electron chi connectivity index (χ4n) is 0.994. The predicted octanol–water partition coefficient (Wildman–Crippen LogP) is 2.93. The fourth-order valence-corrected chi connectivity index (χ4v) is 1.16. The summed E-state index contributed by atoms with van der Waals surface area (Å²) in [6.45, 7) is 0.816. The highest BCUT2D eigenvalue weighted by Crippen LogP contribution is 2.29. The third-order valence-electron chi connectivity index (χ3n) is 1.91. The van der Waals surface area contributed by atoms with Crippen LogP contribution in [0.25, 0.3) is 0 Å². The minimum Gasteiger partial charge on any atom is -0.493 e. The number of benzene rings is 1. The summed E-state index contributed by atoms with van der Waals surface area (Å²) in [5.74, 6) is 1.53. The smallest absolute Gasteiger partial charge is 0.128 e. The van der Waals surface area contributed by atoms with Crippen molar-refractivity contribution in [3.63, 3.8) is 0 Å². The van der Waals surface area contributed by atoms with Crippen molar-refractivity contribution in [2.75, 3.05) is 6.61 Å². The van der Waals surface area contributed by atoms with Crippen LogP contribution in [0.2, 0.25) is 5.02 Å². The van der Waals surface area contributed by atoms with E-state index < -0.39 is 0 Å². The molecule has 1 nitrogen and oxygen atoms in total. The lowest BCUT2D eigenvalue weighted by atomic mass is 10.3. The van der Waals surface area contributed by atoms with Gasteiger partial charge in [0.2, 0.25) is 0 Å². The highest BCUT2D eigenvalue weighted by molar-refractivity contribution is 6.30. The van der Waals surface area contributed by atoms with Gasteiger partial charge >= 0.3 is 0 Å². The molecule has 0 spiro atoms. The predicted molar refractivity (Wildman–Crippen MR) is 48.5 cm³/mol. The average Bonchev–Trinajstić information content (AvgIpc) is 2.84. The Morgan fingerprint density at radius 3 is 3.08 bits per heavy atom. The first-order valence-electron chi connectivity index (χ1n) is 4.14. The second kappa shape index (κ2) is 3.36. The summed E-state index contributed by atoms with van der Waals surface area (Å²) < 4.78 is 5.47. The van der Waals surface area contributed by atoms with Crippen molar-refractivity contribution in [3.8, 4) is 5.75 Å². The molecule has 1 saturated carbocycles. The Morgan fingerprint density at radius 1 is 1.58 bits per heavy atom. The molecular formula is C10H10ClO. The SMILES string of the molecule is Clc1cc[c]c(OCC2CC2)c1. The van der Waals surface area contributed by atoms with Crippen molar-refractivity contribution in [2.45, 2.75) is 12.8 Å². The van der Waals surface area contributed by atoms with E-state index in [4.69, 9.17) is 16.3 Å². The van der Waals surface area contributed by atoms with Crippen molar-refractivity contribution in [2.24, 2.45) is 5.92 Å². The van der Waals surface area contributed by atoms with Gasteiger partial charge in [-0.2, -0.15) is 0 Å². The zero-order valence-electron chi connectivity index (χ0n) is 6.72. The molecule has 12 heavy (non-hydrogen) atoms. The number of rotatable bonds is 3. The highest BCUT2D eigenvalue weighted by atomic mass is 35.5. The lowest BCUT2D eigenvalue weighted by Crippen LogP contribution is -1.98. The maximum Gasteiger partial charge on any atom is 0.128 e. The summed E-state index contributed by atoms with van der Waals surface area (Å²) in [6.07, 6.45) is 2.61. The van der Waals surface area contributed by atoms with E-state index in [-0.39, 0.29) is 0 Å². The quantitative estimate of drug-likeness (QED) is 0.697. The largest absolute Gasteiger partial charge is 0.493 e. The molecule has 0 saturated heterocycles. The van der Waals surface area contributed by atoms with Crippen LogP contribution in [-0.4, -0.2) is 6.61 Å². The van der Waals surface area contributed by atoms with E-state index in [0.29, 0.717) is 5.02 Å². The molecule has 1 aromatic carbocycles. The number of ether oxygens (including phenoxy) is 1. The van der Waals surface area contributed by atoms with Gasteiger partial charge in [-0.15, -0.1) is 0 Å². The molecule has 63 valence electrons. The molecule has 0 heterocycles. The van der Waals surface area contributed by atoms with Gasteiger partial charge in [-0.05, 0) is 37.0 Å². The Morgan fingerprint density at radius 2 is 2.42 bits per heavy atom. The molecule has 1 aliphatic rings. The van der Waals surface area contributed by atoms with Crippen LogP contribution in [0.15, 0.2) is 18.2 Å². The monoisotopic (exact) mass is 181 g/mol. The molecule has 0 N–H and O–H groups in total. The molecule has 0 amide bonds. The molecule has 0 atom stereocenters. The van der Waals surface area contributed by atoms with Gasteiger partial charge in [0.1, 0.15) is 5.75 Å². The summed E-state index contributed by atoms with van der Waals surface area (Å²) in [5, 5.41) is 0.708. The Balaban J connectivity index is 1.92. The molecule has 2 rings (SSSR count). The molecule has 0 bridgehead atoms. The minimum atomic E-state index is 0.708. The maximum atomic E-state index is 5.78. The normalized spacial score (nSPS) is 16.1. The van der Waals surface area contributed by atoms with Gasteiger partial charge in [-0.3, -0.25) is 0 Å². The molecule has 1 aliphatic carbocycles. The molecule has 1 radical (unpaired) electrons. The Kier molecular flexibility index (Phi) is 2.22. The van der Waals surface area contributed by atoms with Crippen LogP contribution < -0.4 is 4.74 Å². The van der Waals surface area contributed by atoms with Gasteiger partial charge in [-0.25, -0.2) is 0 Å². The van der Waals surface area contributed by atoms with Crippen LogP contribution in [0, 0.1) is 12.0 Å². The van der Waals surface area contributed by atoms with E-state index >= 15 is 0 Å². The lowest BCUT2D eigenvalue weighted by Gasteiger charge is -2.03. The van der Waals surface area contributed by atoms with Gasteiger partial charge < -0.3 is 4.74 Å². The van der Waals surface area contributed by atoms with Crippen LogP contribution in [0.1, 0.15) is 12.8 Å². The third-order valence-corrected chi connectivity index (χ3v) is 2.14. The fraction of sp³-hybridized carbons (Fsp3) is 0.400. The van der Waals surface area contributed by atoms with Crippen molar-refractivity contribution in [1.29, 1.82) is 0 Å². The van der Waals surface area contributed by atoms with E-state index in [9.17, 15) is 0 Å². The van der Waals surface area contributed by atoms with E-state index in [1.54, 1.807) is 18.2 Å². The highest BCUT2D eigenvalue weighted by Gasteiger charge is 2.21. The van der Waals surface area contributed by atoms with Gasteiger partial charge in [0.15, 0.2) is 0 Å². The second-order valence-electron chi connectivity index (χ2n) is 3.13. The summed E-state index contributed by atoms with van der Waals surface area (Å²) >= 11 is 5.78. The van der Waals surface area contributed by atoms with Gasteiger partial charge in [0.05, 0.1) is 6.61 Å². The first kappa shape index (κ1) is 7.93. The Hall–Kier alpha value is -0.690. The van der Waals surface area contributed by atoms with Crippen LogP contribution in [0.4, 0.5) is 0 Å². The molecule has 0 aromatic heterocycles. The summed E-state index contributed by atoms with van der Waals surface area (Å²) in [7, 11) is 0. The summed E-state index contributed by atoms with van der Waals surface area (Å²) in [4.78, 5) is 0. The number of halogens is 1. The number of hydrogen-bond donors (Lipinski definition) is 0. The van der Waals surface area contributed by atoms with Gasteiger partial charge in [-0.1, -0.05) is 11.6 Å². The van der Waals surface area contributed by atoms with Crippen LogP contribution >= 0.6 is 11.6 Å². The van der Waals surface area contributed by atoms with Crippen LogP contribution in [0.3, 0.4) is 0 Å². The van der Waals surface area contributed by atoms with Crippen LogP contribution in [0.5, 0.6) is 5.75 Å². The minimum absolute atomic E-state index is 0.708. The van der Waals surface area contributed by atoms with Crippen molar-refractivity contribution >= 4 is 11.6 Å². The zero-order chi connectivity index (χ0) is 8.39. The Bertz CT molecular complexity index is 268.